The molecule has 1 aliphatic carbocycles. The Bertz CT molecular complexity index is 766. The van der Waals surface area contributed by atoms with Gasteiger partial charge in [-0.15, -0.1) is 0 Å². The zero-order valence-electron chi connectivity index (χ0n) is 22.9. The average Bonchev–Trinajstić information content (AvgIpc) is 3.01. The molecular weight excluding hydrogens is 599 g/mol. The van der Waals surface area contributed by atoms with Gasteiger partial charge in [0.15, 0.2) is 0 Å². The van der Waals surface area contributed by atoms with Crippen molar-refractivity contribution in [3.8, 4) is 6.07 Å². The van der Waals surface area contributed by atoms with E-state index in [1.54, 1.807) is 54.2 Å². The number of esters is 2. The standard InChI is InChI=1S/C9H15NO2.C7H5O.C4H6O2.C2H5OP.C2H3O.Al.B.HN.2V/c1-5-8(12-7(2)11)9(3,4)6-10;8-7-5-3-1-2-4-6-7;1-3-6-4(2)5;1-2(3)4;1-2-3;;;;;/h8H,5H2,1-4H3;1-5H;3H,1H2,2H3;4H2,1H3;1H3;;;1H;;/q;+1;;;-1;;;;;. The monoisotopic (exact) mass is 634 g/mol. The Hall–Kier alpha value is -1.69. The smallest absolute Gasteiger partial charge is 0 e. The molecule has 0 saturated heterocycles. The first kappa shape index (κ1) is 56.5. The summed E-state index contributed by atoms with van der Waals surface area (Å²) in [7, 11) is 2.02. The molecule has 0 aromatic heterocycles. The van der Waals surface area contributed by atoms with Crippen molar-refractivity contribution in [1.29, 1.82) is 9.61 Å². The number of carbonyl (C=O) groups excluding carboxylic acids is 5. The molecule has 2 atom stereocenters. The largest absolute Gasteiger partial charge is 0 e. The molecule has 2 unspecified atom stereocenters. The summed E-state index contributed by atoms with van der Waals surface area (Å²) in [5.41, 5.74) is -0.513. The molecule has 0 fully saturated rings. The van der Waals surface area contributed by atoms with Crippen molar-refractivity contribution in [3.63, 3.8) is 0 Å². The molecule has 38 heavy (non-hydrogen) atoms. The van der Waals surface area contributed by atoms with Gasteiger partial charge >= 0.3 is 38.2 Å². The van der Waals surface area contributed by atoms with Gasteiger partial charge in [0.1, 0.15) is 17.7 Å². The Morgan fingerprint density at radius 1 is 1.21 bits per heavy atom. The fourth-order valence-corrected chi connectivity index (χ4v) is 1.57. The number of carbonyl (C=O) groups is 4. The van der Waals surface area contributed by atoms with E-state index in [1.807, 2.05) is 16.2 Å². The molecule has 204 valence electrons. The molecule has 0 saturated carbocycles. The number of nitriles is 1. The van der Waals surface area contributed by atoms with E-state index in [0.29, 0.717) is 6.42 Å². The molecule has 9 nitrogen and oxygen atoms in total. The Labute approximate surface area is 263 Å². The van der Waals surface area contributed by atoms with Gasteiger partial charge in [0.2, 0.25) is 0 Å². The number of ether oxygens (including phenoxy) is 2. The Balaban J connectivity index is -0.0000000510. The van der Waals surface area contributed by atoms with Gasteiger partial charge < -0.3 is 14.3 Å². The Morgan fingerprint density at radius 3 is 1.89 bits per heavy atom. The fourth-order valence-electron chi connectivity index (χ4n) is 1.57. The van der Waals surface area contributed by atoms with Crippen LogP contribution < -0.4 is 0 Å². The molecule has 0 heterocycles. The fraction of sp³-hybridized carbons (Fsp3) is 0.417. The van der Waals surface area contributed by atoms with Gasteiger partial charge in [-0.3, -0.25) is 20.7 Å². The predicted molar refractivity (Wildman–Crippen MR) is 144 cm³/mol. The van der Waals surface area contributed by atoms with Crippen LogP contribution in [0.3, 0.4) is 0 Å². The molecule has 0 aromatic rings. The summed E-state index contributed by atoms with van der Waals surface area (Å²) < 4.78 is 14.8. The number of nitrogens with one attached hydrogen (secondary N) is 1. The second-order valence-corrected chi connectivity index (χ2v) is 7.16. The van der Waals surface area contributed by atoms with Gasteiger partial charge in [-0.1, -0.05) is 22.7 Å². The number of nitrogens with zero attached hydrogens (tertiary/aromatic N) is 1. The first-order valence-corrected chi connectivity index (χ1v) is 11.1. The van der Waals surface area contributed by atoms with Crippen LogP contribution in [0.4, 0.5) is 0 Å². The van der Waals surface area contributed by atoms with Crippen LogP contribution in [0.1, 0.15) is 54.9 Å². The normalized spacial score (nSPS) is 9.68. The first-order chi connectivity index (χ1) is 16.2. The van der Waals surface area contributed by atoms with Gasteiger partial charge in [-0.05, 0) is 27.2 Å². The van der Waals surface area contributed by atoms with E-state index in [2.05, 4.69) is 23.5 Å². The van der Waals surface area contributed by atoms with E-state index >= 15 is 0 Å². The van der Waals surface area contributed by atoms with Gasteiger partial charge in [-0.2, -0.15) is 12.2 Å². The van der Waals surface area contributed by atoms with E-state index in [-0.39, 0.29) is 74.9 Å². The number of allylic oxidation sites excluding steroid dienone is 6. The molecule has 0 amide bonds. The van der Waals surface area contributed by atoms with Gasteiger partial charge in [0.25, 0.3) is 0 Å². The van der Waals surface area contributed by atoms with Gasteiger partial charge in [-0.25, -0.2) is 4.79 Å². The molecule has 1 aliphatic rings. The van der Waals surface area contributed by atoms with E-state index in [4.69, 9.17) is 19.1 Å². The number of rotatable bonds is 4. The van der Waals surface area contributed by atoms with Crippen molar-refractivity contribution in [1.82, 2.24) is 0 Å². The average molecular weight is 634 g/mol. The van der Waals surface area contributed by atoms with Gasteiger partial charge in [0.05, 0.1) is 29.9 Å². The second kappa shape index (κ2) is 42.4. The molecule has 1 rings (SSSR count). The molecular formula is C24H35AlBN2O7PV2. The minimum absolute atomic E-state index is 0. The Morgan fingerprint density at radius 2 is 1.63 bits per heavy atom. The van der Waals surface area contributed by atoms with Crippen LogP contribution in [-0.2, 0) is 70.6 Å². The second-order valence-electron chi connectivity index (χ2n) is 6.35. The van der Waals surface area contributed by atoms with Crippen LogP contribution in [0.25, 0.3) is 0 Å². The summed E-state index contributed by atoms with van der Waals surface area (Å²) in [6.07, 6.45) is 13.8. The summed E-state index contributed by atoms with van der Waals surface area (Å²) in [4.78, 5) is 48.9. The van der Waals surface area contributed by atoms with Crippen LogP contribution in [0, 0.1) is 27.2 Å². The summed E-state index contributed by atoms with van der Waals surface area (Å²) in [6, 6.07) is 2.12. The molecule has 6 radical (unpaired) electrons. The number of hydrogen-bond donors (Lipinski definition) is 1. The molecule has 0 aliphatic heterocycles. The molecule has 0 spiro atoms. The maximum Gasteiger partial charge on any atom is 0 e. The third-order valence-corrected chi connectivity index (χ3v) is 2.81. The summed E-state index contributed by atoms with van der Waals surface area (Å²) in [5.74, 6) is -0.731. The SMILES string of the molecule is C=COC(C)=O.CC(=O)P.CCC(OC(C)=O)C(C)(C)C#N.C[C-]=O.O=C1[C+]=CC=CC=C1.[B].[NH]=[Al].[V].[V]. The third kappa shape index (κ3) is 59.4. The van der Waals surface area contributed by atoms with Crippen LogP contribution in [0.2, 0.25) is 0 Å². The summed E-state index contributed by atoms with van der Waals surface area (Å²) >= 11 is 1.67. The summed E-state index contributed by atoms with van der Waals surface area (Å²) in [5, 5.41) is 8.77. The number of ketones is 1. The number of hydrogen-bond acceptors (Lipinski definition) is 9. The van der Waals surface area contributed by atoms with Crippen molar-refractivity contribution in [2.24, 2.45) is 5.41 Å². The van der Waals surface area contributed by atoms with Crippen molar-refractivity contribution in [3.05, 3.63) is 49.3 Å². The van der Waals surface area contributed by atoms with Crippen LogP contribution in [-0.4, -0.2) is 60.1 Å². The van der Waals surface area contributed by atoms with E-state index in [9.17, 15) is 19.2 Å². The predicted octanol–water partition coefficient (Wildman–Crippen LogP) is 3.67. The van der Waals surface area contributed by atoms with Crippen molar-refractivity contribution in [2.75, 3.05) is 0 Å². The Kier molecular flexibility index (Phi) is 63.0. The molecule has 14 heteroatoms. The zero-order chi connectivity index (χ0) is 28.9. The van der Waals surface area contributed by atoms with Gasteiger partial charge in [0, 0.05) is 77.6 Å². The van der Waals surface area contributed by atoms with Crippen LogP contribution in [0.15, 0.2) is 43.2 Å². The van der Waals surface area contributed by atoms with Crippen LogP contribution >= 0.6 is 9.24 Å². The summed E-state index contributed by atoms with van der Waals surface area (Å²) in [6.45, 7) is 14.1. The maximum absolute atomic E-state index is 10.6. The van der Waals surface area contributed by atoms with Crippen molar-refractivity contribution >= 4 is 63.3 Å². The zero-order valence-corrected chi connectivity index (χ0v) is 28.0. The van der Waals surface area contributed by atoms with E-state index in [0.717, 1.165) is 6.26 Å². The first-order valence-electron chi connectivity index (χ1n) is 9.92. The molecule has 0 aromatic carbocycles. The topological polar surface area (TPSA) is 151 Å². The van der Waals surface area contributed by atoms with Crippen LogP contribution in [0.5, 0.6) is 0 Å². The quantitative estimate of drug-likeness (QED) is 0.162. The van der Waals surface area contributed by atoms with Crippen molar-refractivity contribution in [2.45, 2.75) is 61.0 Å². The minimum Gasteiger partial charge on any atom is 0 e. The van der Waals surface area contributed by atoms with Crippen molar-refractivity contribution < 1.29 is 70.6 Å². The molecule has 0 bridgehead atoms. The van der Waals surface area contributed by atoms with E-state index in [1.165, 1.54) is 40.1 Å². The maximum atomic E-state index is 10.6. The van der Waals surface area contributed by atoms with E-state index < -0.39 is 5.41 Å². The molecule has 1 N–H and O–H groups in total. The third-order valence-electron chi connectivity index (χ3n) is 2.81. The minimum atomic E-state index is -0.597.